The van der Waals surface area contributed by atoms with E-state index in [0.717, 1.165) is 20.2 Å². The number of imidazole rings is 1. The van der Waals surface area contributed by atoms with Crippen LogP contribution >= 0.6 is 34.4 Å². The number of nitrogens with zero attached hydrogens (tertiary/aromatic N) is 2. The van der Waals surface area contributed by atoms with Crippen molar-refractivity contribution in [2.75, 3.05) is 13.7 Å². The third-order valence-electron chi connectivity index (χ3n) is 3.52. The topological polar surface area (TPSA) is 70.9 Å². The summed E-state index contributed by atoms with van der Waals surface area (Å²) in [7, 11) is 1.62. The van der Waals surface area contributed by atoms with Gasteiger partial charge in [-0.2, -0.15) is 5.26 Å². The summed E-state index contributed by atoms with van der Waals surface area (Å²) in [6.45, 7) is 2.46. The van der Waals surface area contributed by atoms with Gasteiger partial charge in [-0.1, -0.05) is 12.1 Å². The van der Waals surface area contributed by atoms with E-state index in [1.165, 1.54) is 11.8 Å². The van der Waals surface area contributed by atoms with E-state index in [-0.39, 0.29) is 0 Å². The minimum absolute atomic E-state index is 0.535. The van der Waals surface area contributed by atoms with Gasteiger partial charge in [0.1, 0.15) is 6.07 Å². The van der Waals surface area contributed by atoms with Crippen LogP contribution in [-0.2, 0) is 0 Å². The van der Waals surface area contributed by atoms with Gasteiger partial charge < -0.3 is 14.5 Å². The van der Waals surface area contributed by atoms with E-state index < -0.39 is 0 Å². The van der Waals surface area contributed by atoms with Crippen LogP contribution in [0.5, 0.6) is 11.5 Å². The monoisotopic (exact) mass is 477 g/mol. The fourth-order valence-corrected chi connectivity index (χ4v) is 4.05. The summed E-state index contributed by atoms with van der Waals surface area (Å²) in [5.41, 5.74) is 2.70. The van der Waals surface area contributed by atoms with Crippen LogP contribution in [0.4, 0.5) is 0 Å². The molecule has 2 aromatic carbocycles. The maximum atomic E-state index is 9.53. The normalized spacial score (nSPS) is 11.4. The number of allylic oxidation sites excluding steroid dienone is 1. The van der Waals surface area contributed by atoms with E-state index in [1.807, 2.05) is 49.4 Å². The number of thioether (sulfide) groups is 1. The van der Waals surface area contributed by atoms with Gasteiger partial charge >= 0.3 is 0 Å². The van der Waals surface area contributed by atoms with Crippen molar-refractivity contribution in [1.29, 1.82) is 5.26 Å². The Morgan fingerprint density at radius 3 is 2.88 bits per heavy atom. The molecule has 0 aliphatic heterocycles. The number of nitriles is 1. The van der Waals surface area contributed by atoms with Crippen molar-refractivity contribution in [3.8, 4) is 17.6 Å². The van der Waals surface area contributed by atoms with Crippen molar-refractivity contribution in [1.82, 2.24) is 9.97 Å². The molecule has 0 fully saturated rings. The molecule has 0 radical (unpaired) electrons. The number of aromatic amines is 1. The smallest absolute Gasteiger partial charge is 0.174 e. The number of hydrogen-bond acceptors (Lipinski definition) is 5. The van der Waals surface area contributed by atoms with Crippen LogP contribution < -0.4 is 9.47 Å². The first-order chi connectivity index (χ1) is 12.6. The number of nitrogens with one attached hydrogen (secondary N) is 1. The molecule has 1 aromatic heterocycles. The largest absolute Gasteiger partial charge is 0.492 e. The third kappa shape index (κ3) is 4.14. The first-order valence-corrected chi connectivity index (χ1v) is 9.78. The molecule has 0 saturated carbocycles. The highest BCUT2D eigenvalue weighted by Gasteiger charge is 2.12. The SMILES string of the molecule is CCOc1cc(/C=C(\C#N)Sc2nc3ccccc3[nH]2)cc(I)c1OC. The van der Waals surface area contributed by atoms with Gasteiger partial charge in [0.05, 0.1) is 33.2 Å². The van der Waals surface area contributed by atoms with Gasteiger partial charge in [0, 0.05) is 0 Å². The average Bonchev–Trinajstić information content (AvgIpc) is 3.03. The Morgan fingerprint density at radius 2 is 2.19 bits per heavy atom. The molecular formula is C19H16IN3O2S. The summed E-state index contributed by atoms with van der Waals surface area (Å²) in [5, 5.41) is 10.2. The van der Waals surface area contributed by atoms with Gasteiger partial charge in [-0.15, -0.1) is 0 Å². The second-order valence-corrected chi connectivity index (χ2v) is 7.44. The number of methoxy groups -OCH3 is 1. The Labute approximate surface area is 169 Å². The zero-order valence-electron chi connectivity index (χ0n) is 14.2. The van der Waals surface area contributed by atoms with E-state index in [1.54, 1.807) is 7.11 Å². The molecule has 0 aliphatic rings. The predicted molar refractivity (Wildman–Crippen MR) is 112 cm³/mol. The molecule has 3 aromatic rings. The minimum atomic E-state index is 0.535. The number of para-hydroxylation sites is 2. The average molecular weight is 477 g/mol. The van der Waals surface area contributed by atoms with E-state index >= 15 is 0 Å². The van der Waals surface area contributed by atoms with Crippen LogP contribution in [0, 0.1) is 14.9 Å². The van der Waals surface area contributed by atoms with Crippen molar-refractivity contribution in [2.45, 2.75) is 12.1 Å². The highest BCUT2D eigenvalue weighted by Crippen LogP contribution is 2.35. The number of halogens is 1. The molecule has 0 aliphatic carbocycles. The van der Waals surface area contributed by atoms with E-state index in [2.05, 4.69) is 38.6 Å². The summed E-state index contributed by atoms with van der Waals surface area (Å²) < 4.78 is 12.0. The van der Waals surface area contributed by atoms with Gasteiger partial charge in [-0.25, -0.2) is 4.98 Å². The quantitative estimate of drug-likeness (QED) is 0.299. The maximum Gasteiger partial charge on any atom is 0.174 e. The molecule has 0 atom stereocenters. The van der Waals surface area contributed by atoms with Crippen molar-refractivity contribution in [3.05, 3.63) is 50.4 Å². The second-order valence-electron chi connectivity index (χ2n) is 5.25. The zero-order valence-corrected chi connectivity index (χ0v) is 17.2. The van der Waals surface area contributed by atoms with Gasteiger partial charge in [-0.3, -0.25) is 0 Å². The number of H-pyrrole nitrogens is 1. The summed E-state index contributed by atoms with van der Waals surface area (Å²) in [4.78, 5) is 8.26. The summed E-state index contributed by atoms with van der Waals surface area (Å²) in [6, 6.07) is 13.8. The van der Waals surface area contributed by atoms with Crippen LogP contribution in [0.2, 0.25) is 0 Å². The molecule has 0 unspecified atom stereocenters. The van der Waals surface area contributed by atoms with Crippen LogP contribution in [0.25, 0.3) is 17.1 Å². The summed E-state index contributed by atoms with van der Waals surface area (Å²) >= 11 is 3.50. The van der Waals surface area contributed by atoms with Crippen molar-refractivity contribution in [2.24, 2.45) is 0 Å². The standard InChI is InChI=1S/C19H16IN3O2S/c1-3-25-17-10-12(9-14(20)18(17)24-2)8-13(11-21)26-19-22-15-6-4-5-7-16(15)23-19/h4-10H,3H2,1-2H3,(H,22,23)/b13-8+. The third-order valence-corrected chi connectivity index (χ3v) is 5.14. The molecule has 132 valence electrons. The van der Waals surface area contributed by atoms with Gasteiger partial charge in [0.2, 0.25) is 0 Å². The van der Waals surface area contributed by atoms with Crippen molar-refractivity contribution < 1.29 is 9.47 Å². The molecule has 7 heteroatoms. The molecule has 3 rings (SSSR count). The fourth-order valence-electron chi connectivity index (χ4n) is 2.45. The van der Waals surface area contributed by atoms with Crippen LogP contribution in [0.15, 0.2) is 46.5 Å². The number of ether oxygens (including phenoxy) is 2. The molecule has 5 nitrogen and oxygen atoms in total. The van der Waals surface area contributed by atoms with Crippen molar-refractivity contribution in [3.63, 3.8) is 0 Å². The molecule has 0 bridgehead atoms. The lowest BCUT2D eigenvalue weighted by molar-refractivity contribution is 0.309. The Bertz CT molecular complexity index is 975. The van der Waals surface area contributed by atoms with Gasteiger partial charge in [0.15, 0.2) is 16.7 Å². The Kier molecular flexibility index (Phi) is 6.06. The number of hydrogen-bond donors (Lipinski definition) is 1. The van der Waals surface area contributed by atoms with Crippen LogP contribution in [0.1, 0.15) is 12.5 Å². The molecular weight excluding hydrogens is 461 g/mol. The predicted octanol–water partition coefficient (Wildman–Crippen LogP) is 5.23. The lowest BCUT2D eigenvalue weighted by Crippen LogP contribution is -1.97. The molecule has 1 N–H and O–H groups in total. The van der Waals surface area contributed by atoms with E-state index in [4.69, 9.17) is 9.47 Å². The van der Waals surface area contributed by atoms with E-state index in [9.17, 15) is 5.26 Å². The molecule has 0 spiro atoms. The van der Waals surface area contributed by atoms with Gasteiger partial charge in [-0.05, 0) is 77.2 Å². The molecule has 0 amide bonds. The zero-order chi connectivity index (χ0) is 18.5. The second kappa shape index (κ2) is 8.47. The summed E-state index contributed by atoms with van der Waals surface area (Å²) in [6.07, 6.45) is 1.82. The number of benzene rings is 2. The lowest BCUT2D eigenvalue weighted by Gasteiger charge is -2.12. The Hall–Kier alpha value is -2.18. The van der Waals surface area contributed by atoms with Crippen LogP contribution in [-0.4, -0.2) is 23.7 Å². The number of fused-ring (bicyclic) bond motifs is 1. The van der Waals surface area contributed by atoms with E-state index in [0.29, 0.717) is 28.2 Å². The highest BCUT2D eigenvalue weighted by molar-refractivity contribution is 14.1. The minimum Gasteiger partial charge on any atom is -0.492 e. The maximum absolute atomic E-state index is 9.53. The van der Waals surface area contributed by atoms with Crippen molar-refractivity contribution >= 4 is 51.5 Å². The fraction of sp³-hybridized carbons (Fsp3) is 0.158. The number of rotatable bonds is 6. The number of aromatic nitrogens is 2. The van der Waals surface area contributed by atoms with Gasteiger partial charge in [0.25, 0.3) is 0 Å². The van der Waals surface area contributed by atoms with Crippen LogP contribution in [0.3, 0.4) is 0 Å². The first kappa shape index (κ1) is 18.6. The lowest BCUT2D eigenvalue weighted by atomic mass is 10.2. The Morgan fingerprint density at radius 1 is 1.38 bits per heavy atom. The summed E-state index contributed by atoms with van der Waals surface area (Å²) in [5.74, 6) is 1.37. The first-order valence-electron chi connectivity index (χ1n) is 7.89. The molecule has 1 heterocycles. The Balaban J connectivity index is 1.92. The molecule has 26 heavy (non-hydrogen) atoms. The molecule has 0 saturated heterocycles. The highest BCUT2D eigenvalue weighted by atomic mass is 127.